The van der Waals surface area contributed by atoms with Crippen molar-refractivity contribution in [2.24, 2.45) is 11.7 Å². The molecular weight excluding hydrogens is 236 g/mol. The van der Waals surface area contributed by atoms with E-state index in [2.05, 4.69) is 43.3 Å². The smallest absolute Gasteiger partial charge is 0.110 e. The van der Waals surface area contributed by atoms with E-state index in [1.54, 1.807) is 22.7 Å². The molecule has 2 nitrogen and oxygen atoms in total. The number of hydrogen-bond acceptors (Lipinski definition) is 4. The van der Waals surface area contributed by atoms with Crippen molar-refractivity contribution >= 4 is 22.7 Å². The predicted octanol–water partition coefficient (Wildman–Crippen LogP) is 3.84. The summed E-state index contributed by atoms with van der Waals surface area (Å²) < 4.78 is 0. The van der Waals surface area contributed by atoms with E-state index < -0.39 is 0 Å². The molecule has 1 unspecified atom stereocenters. The highest BCUT2D eigenvalue weighted by Crippen LogP contribution is 2.31. The van der Waals surface area contributed by atoms with Crippen molar-refractivity contribution in [3.63, 3.8) is 0 Å². The third-order valence-electron chi connectivity index (χ3n) is 2.52. The Bertz CT molecular complexity index is 471. The molecule has 0 aliphatic heterocycles. The van der Waals surface area contributed by atoms with E-state index >= 15 is 0 Å². The van der Waals surface area contributed by atoms with Crippen LogP contribution in [0, 0.1) is 12.8 Å². The lowest BCUT2D eigenvalue weighted by Crippen LogP contribution is -2.16. The van der Waals surface area contributed by atoms with Gasteiger partial charge >= 0.3 is 0 Å². The summed E-state index contributed by atoms with van der Waals surface area (Å²) in [7, 11) is 0. The monoisotopic (exact) mass is 252 g/mol. The first kappa shape index (κ1) is 11.8. The second-order valence-corrected chi connectivity index (χ2v) is 6.43. The highest BCUT2D eigenvalue weighted by atomic mass is 32.1. The van der Waals surface area contributed by atoms with Crippen molar-refractivity contribution in [3.05, 3.63) is 27.4 Å². The molecule has 0 aromatic carbocycles. The zero-order chi connectivity index (χ0) is 11.7. The second-order valence-electron chi connectivity index (χ2n) is 4.25. The van der Waals surface area contributed by atoms with E-state index in [-0.39, 0.29) is 6.04 Å². The third kappa shape index (κ3) is 2.34. The summed E-state index contributed by atoms with van der Waals surface area (Å²) in [4.78, 5) is 7.17. The molecule has 0 aliphatic rings. The average molecular weight is 252 g/mol. The minimum atomic E-state index is 0.0554. The van der Waals surface area contributed by atoms with Crippen molar-refractivity contribution < 1.29 is 0 Å². The van der Waals surface area contributed by atoms with Gasteiger partial charge in [-0.25, -0.2) is 4.98 Å². The lowest BCUT2D eigenvalue weighted by Gasteiger charge is -2.11. The van der Waals surface area contributed by atoms with Gasteiger partial charge in [-0.05, 0) is 25.0 Å². The molecule has 0 radical (unpaired) electrons. The van der Waals surface area contributed by atoms with Crippen LogP contribution in [0.1, 0.15) is 29.8 Å². The van der Waals surface area contributed by atoms with Crippen LogP contribution in [0.2, 0.25) is 0 Å². The molecule has 0 saturated heterocycles. The molecule has 0 aliphatic carbocycles. The maximum absolute atomic E-state index is 6.09. The number of nitrogens with two attached hydrogens (primary N) is 1. The number of hydrogen-bond donors (Lipinski definition) is 1. The summed E-state index contributed by atoms with van der Waals surface area (Å²) in [6, 6.07) is 4.31. The minimum Gasteiger partial charge on any atom is -0.322 e. The van der Waals surface area contributed by atoms with Crippen molar-refractivity contribution in [1.29, 1.82) is 0 Å². The fourth-order valence-electron chi connectivity index (χ4n) is 1.41. The molecule has 4 heteroatoms. The molecule has 0 fully saturated rings. The average Bonchev–Trinajstić information content (AvgIpc) is 2.84. The molecule has 86 valence electrons. The van der Waals surface area contributed by atoms with Gasteiger partial charge in [0, 0.05) is 10.3 Å². The molecule has 1 atom stereocenters. The van der Waals surface area contributed by atoms with E-state index in [9.17, 15) is 0 Å². The van der Waals surface area contributed by atoms with Gasteiger partial charge < -0.3 is 5.73 Å². The Morgan fingerprint density at radius 3 is 2.62 bits per heavy atom. The fourth-order valence-corrected chi connectivity index (χ4v) is 3.31. The Morgan fingerprint density at radius 1 is 1.31 bits per heavy atom. The summed E-state index contributed by atoms with van der Waals surface area (Å²) >= 11 is 3.44. The normalized spacial score (nSPS) is 13.3. The molecule has 16 heavy (non-hydrogen) atoms. The molecule has 2 aromatic heterocycles. The zero-order valence-electron chi connectivity index (χ0n) is 9.73. The van der Waals surface area contributed by atoms with Crippen molar-refractivity contribution in [2.45, 2.75) is 26.8 Å². The number of nitrogens with zero attached hydrogens (tertiary/aromatic N) is 1. The van der Waals surface area contributed by atoms with Crippen LogP contribution in [0.4, 0.5) is 0 Å². The Labute approximate surface area is 104 Å². The van der Waals surface area contributed by atoms with Crippen LogP contribution in [0.3, 0.4) is 0 Å². The Hall–Kier alpha value is -0.710. The van der Waals surface area contributed by atoms with Gasteiger partial charge in [0.1, 0.15) is 5.01 Å². The summed E-state index contributed by atoms with van der Waals surface area (Å²) in [5, 5.41) is 3.14. The number of thiazole rings is 1. The van der Waals surface area contributed by atoms with Crippen LogP contribution in [-0.2, 0) is 0 Å². The maximum Gasteiger partial charge on any atom is 0.110 e. The highest BCUT2D eigenvalue weighted by Gasteiger charge is 2.15. The molecular formula is C12H16N2S2. The first-order valence-corrected chi connectivity index (χ1v) is 7.05. The van der Waals surface area contributed by atoms with Crippen LogP contribution in [0.25, 0.3) is 10.6 Å². The van der Waals surface area contributed by atoms with Gasteiger partial charge in [-0.15, -0.1) is 22.7 Å². The molecule has 0 spiro atoms. The number of rotatable bonds is 3. The van der Waals surface area contributed by atoms with Crippen molar-refractivity contribution in [3.8, 4) is 10.6 Å². The molecule has 0 bridgehead atoms. The van der Waals surface area contributed by atoms with Crippen LogP contribution < -0.4 is 5.73 Å². The van der Waals surface area contributed by atoms with Gasteiger partial charge in [0.05, 0.1) is 16.6 Å². The largest absolute Gasteiger partial charge is 0.322 e. The Kier molecular flexibility index (Phi) is 3.42. The lowest BCUT2D eigenvalue weighted by atomic mass is 10.1. The SMILES string of the molecule is Cc1ccc(-c2csc(C(N)C(C)C)n2)s1. The van der Waals surface area contributed by atoms with Crippen LogP contribution >= 0.6 is 22.7 Å². The number of aromatic nitrogens is 1. The summed E-state index contributed by atoms with van der Waals surface area (Å²) in [6.45, 7) is 6.36. The predicted molar refractivity (Wildman–Crippen MR) is 71.9 cm³/mol. The standard InChI is InChI=1S/C12H16N2S2/c1-7(2)11(13)12-14-9(6-15-12)10-5-4-8(3)16-10/h4-7,11H,13H2,1-3H3. The number of aryl methyl sites for hydroxylation is 1. The van der Waals surface area contributed by atoms with E-state index in [4.69, 9.17) is 5.73 Å². The molecule has 0 amide bonds. The Morgan fingerprint density at radius 2 is 2.06 bits per heavy atom. The first-order chi connectivity index (χ1) is 7.58. The highest BCUT2D eigenvalue weighted by molar-refractivity contribution is 7.16. The minimum absolute atomic E-state index is 0.0554. The summed E-state index contributed by atoms with van der Waals surface area (Å²) in [5.41, 5.74) is 7.15. The topological polar surface area (TPSA) is 38.9 Å². The lowest BCUT2D eigenvalue weighted by molar-refractivity contribution is 0.512. The van der Waals surface area contributed by atoms with Gasteiger partial charge in [0.2, 0.25) is 0 Å². The molecule has 2 aromatic rings. The fraction of sp³-hybridized carbons (Fsp3) is 0.417. The molecule has 2 rings (SSSR count). The Balaban J connectivity index is 2.26. The van der Waals surface area contributed by atoms with Crippen molar-refractivity contribution in [1.82, 2.24) is 4.98 Å². The third-order valence-corrected chi connectivity index (χ3v) is 4.49. The van der Waals surface area contributed by atoms with Gasteiger partial charge in [0.15, 0.2) is 0 Å². The molecule has 2 heterocycles. The van der Waals surface area contributed by atoms with E-state index in [0.717, 1.165) is 10.7 Å². The van der Waals surface area contributed by atoms with E-state index in [1.165, 1.54) is 9.75 Å². The van der Waals surface area contributed by atoms with Crippen molar-refractivity contribution in [2.75, 3.05) is 0 Å². The van der Waals surface area contributed by atoms with Gasteiger partial charge in [0.25, 0.3) is 0 Å². The number of thiophene rings is 1. The van der Waals surface area contributed by atoms with Gasteiger partial charge in [-0.3, -0.25) is 0 Å². The molecule has 0 saturated carbocycles. The van der Waals surface area contributed by atoms with Gasteiger partial charge in [-0.1, -0.05) is 13.8 Å². The van der Waals surface area contributed by atoms with Gasteiger partial charge in [-0.2, -0.15) is 0 Å². The zero-order valence-corrected chi connectivity index (χ0v) is 11.4. The van der Waals surface area contributed by atoms with E-state index in [0.29, 0.717) is 5.92 Å². The summed E-state index contributed by atoms with van der Waals surface area (Å²) in [6.07, 6.45) is 0. The van der Waals surface area contributed by atoms with Crippen LogP contribution in [0.15, 0.2) is 17.5 Å². The molecule has 2 N–H and O–H groups in total. The van der Waals surface area contributed by atoms with E-state index in [1.807, 2.05) is 0 Å². The summed E-state index contributed by atoms with van der Waals surface area (Å²) in [5.74, 6) is 0.434. The maximum atomic E-state index is 6.09. The quantitative estimate of drug-likeness (QED) is 0.901. The van der Waals surface area contributed by atoms with Crippen LogP contribution in [-0.4, -0.2) is 4.98 Å². The van der Waals surface area contributed by atoms with Crippen LogP contribution in [0.5, 0.6) is 0 Å². The second kappa shape index (κ2) is 4.65. The first-order valence-electron chi connectivity index (χ1n) is 5.35.